The monoisotopic (exact) mass is 492 g/mol. The van der Waals surface area contributed by atoms with E-state index in [2.05, 4.69) is 13.2 Å². The lowest BCUT2D eigenvalue weighted by atomic mass is 9.79. The summed E-state index contributed by atoms with van der Waals surface area (Å²) in [5.74, 6) is -0.806. The normalized spacial score (nSPS) is 18.7. The zero-order valence-corrected chi connectivity index (χ0v) is 20.2. The molecule has 0 spiro atoms. The van der Waals surface area contributed by atoms with E-state index in [1.807, 2.05) is 26.0 Å². The van der Waals surface area contributed by atoms with Crippen molar-refractivity contribution in [3.8, 4) is 5.75 Å². The standard InChI is InChI=1S/C28H28O8/c1-5-23(29)35-13-11-33-21-15-17(3)7-9-19(21)25-27(31)26(28(25)32)20-10-8-18(4)16-22(20)34-12-14-36-24(30)6-2/h5-10,15-17,31H,1-2,11-14H2,3-4H3/b25-19+. The van der Waals surface area contributed by atoms with Crippen molar-refractivity contribution in [1.29, 1.82) is 0 Å². The molecular weight excluding hydrogens is 464 g/mol. The van der Waals surface area contributed by atoms with Crippen molar-refractivity contribution in [1.82, 2.24) is 0 Å². The van der Waals surface area contributed by atoms with E-state index in [0.29, 0.717) is 22.6 Å². The van der Waals surface area contributed by atoms with Gasteiger partial charge in [-0.2, -0.15) is 0 Å². The molecule has 8 nitrogen and oxygen atoms in total. The molecule has 0 saturated carbocycles. The molecule has 0 radical (unpaired) electrons. The Hall–Kier alpha value is -4.33. The quantitative estimate of drug-likeness (QED) is 0.280. The van der Waals surface area contributed by atoms with Crippen LogP contribution in [0.4, 0.5) is 0 Å². The average Bonchev–Trinajstić information content (AvgIpc) is 2.86. The molecule has 2 aliphatic rings. The molecule has 0 bridgehead atoms. The van der Waals surface area contributed by atoms with Crippen LogP contribution in [0.3, 0.4) is 0 Å². The van der Waals surface area contributed by atoms with Crippen LogP contribution in [0.5, 0.6) is 5.75 Å². The molecule has 1 unspecified atom stereocenters. The van der Waals surface area contributed by atoms with Crippen molar-refractivity contribution in [2.75, 3.05) is 26.4 Å². The fourth-order valence-corrected chi connectivity index (χ4v) is 3.61. The Balaban J connectivity index is 1.84. The summed E-state index contributed by atoms with van der Waals surface area (Å²) in [5, 5.41) is 10.9. The smallest absolute Gasteiger partial charge is 0.330 e. The van der Waals surface area contributed by atoms with E-state index < -0.39 is 11.9 Å². The number of carbonyl (C=O) groups is 3. The van der Waals surface area contributed by atoms with Crippen LogP contribution in [-0.2, 0) is 28.6 Å². The summed E-state index contributed by atoms with van der Waals surface area (Å²) < 4.78 is 21.4. The third-order valence-corrected chi connectivity index (χ3v) is 5.35. The average molecular weight is 493 g/mol. The highest BCUT2D eigenvalue weighted by Gasteiger charge is 2.39. The molecule has 1 aromatic carbocycles. The van der Waals surface area contributed by atoms with Gasteiger partial charge < -0.3 is 24.1 Å². The fourth-order valence-electron chi connectivity index (χ4n) is 3.61. The van der Waals surface area contributed by atoms with Crippen molar-refractivity contribution in [3.63, 3.8) is 0 Å². The van der Waals surface area contributed by atoms with Crippen LogP contribution in [0.25, 0.3) is 5.57 Å². The molecular formula is C28H28O8. The molecule has 0 saturated heterocycles. The number of carbonyl (C=O) groups excluding carboxylic acids is 3. The molecule has 8 heteroatoms. The minimum atomic E-state index is -0.561. The van der Waals surface area contributed by atoms with Gasteiger partial charge in [0.2, 0.25) is 5.78 Å². The number of aliphatic hydroxyl groups is 1. The second-order valence-electron chi connectivity index (χ2n) is 8.03. The number of ether oxygens (including phenoxy) is 4. The first-order valence-corrected chi connectivity index (χ1v) is 11.3. The maximum absolute atomic E-state index is 13.2. The number of benzene rings is 1. The lowest BCUT2D eigenvalue weighted by molar-refractivity contribution is -0.139. The molecule has 36 heavy (non-hydrogen) atoms. The van der Waals surface area contributed by atoms with E-state index >= 15 is 0 Å². The van der Waals surface area contributed by atoms with Crippen LogP contribution in [0.15, 0.2) is 84.4 Å². The van der Waals surface area contributed by atoms with Gasteiger partial charge in [0.25, 0.3) is 0 Å². The molecule has 0 amide bonds. The van der Waals surface area contributed by atoms with Crippen molar-refractivity contribution in [2.45, 2.75) is 13.8 Å². The van der Waals surface area contributed by atoms with Gasteiger partial charge in [-0.1, -0.05) is 44.4 Å². The van der Waals surface area contributed by atoms with Gasteiger partial charge in [0.05, 0.1) is 11.1 Å². The van der Waals surface area contributed by atoms with Gasteiger partial charge in [-0.25, -0.2) is 9.59 Å². The topological polar surface area (TPSA) is 108 Å². The van der Waals surface area contributed by atoms with Crippen LogP contribution in [0, 0.1) is 12.8 Å². The van der Waals surface area contributed by atoms with Gasteiger partial charge in [0.1, 0.15) is 43.7 Å². The number of allylic oxidation sites excluding steroid dienone is 5. The van der Waals surface area contributed by atoms with E-state index in [1.54, 1.807) is 24.3 Å². The minimum Gasteiger partial charge on any atom is -0.506 e. The number of hydrogen-bond acceptors (Lipinski definition) is 8. The maximum atomic E-state index is 13.2. The molecule has 2 aliphatic carbocycles. The zero-order chi connectivity index (χ0) is 26.2. The third-order valence-electron chi connectivity index (χ3n) is 5.35. The van der Waals surface area contributed by atoms with Gasteiger partial charge in [-0.15, -0.1) is 0 Å². The van der Waals surface area contributed by atoms with Gasteiger partial charge in [0, 0.05) is 23.3 Å². The van der Waals surface area contributed by atoms with Crippen LogP contribution in [0.1, 0.15) is 18.1 Å². The summed E-state index contributed by atoms with van der Waals surface area (Å²) in [6.45, 7) is 10.6. The highest BCUT2D eigenvalue weighted by Crippen LogP contribution is 2.43. The van der Waals surface area contributed by atoms with Crippen LogP contribution in [0.2, 0.25) is 0 Å². The first-order chi connectivity index (χ1) is 17.3. The first-order valence-electron chi connectivity index (χ1n) is 11.3. The Morgan fingerprint density at radius 2 is 1.64 bits per heavy atom. The fraction of sp³-hybridized carbons (Fsp3) is 0.250. The molecule has 1 atom stereocenters. The number of ketones is 1. The summed E-state index contributed by atoms with van der Waals surface area (Å²) in [6.07, 6.45) is 7.56. The molecule has 0 heterocycles. The predicted octanol–water partition coefficient (Wildman–Crippen LogP) is 4.09. The van der Waals surface area contributed by atoms with Crippen molar-refractivity contribution < 1.29 is 38.4 Å². The number of rotatable bonds is 11. The number of aliphatic hydroxyl groups excluding tert-OH is 1. The van der Waals surface area contributed by atoms with Gasteiger partial charge in [-0.05, 0) is 30.5 Å². The number of hydrogen-bond donors (Lipinski definition) is 1. The van der Waals surface area contributed by atoms with Crippen molar-refractivity contribution in [3.05, 3.63) is 95.5 Å². The van der Waals surface area contributed by atoms with Crippen LogP contribution >= 0.6 is 0 Å². The minimum absolute atomic E-state index is 0.00307. The number of esters is 2. The second-order valence-corrected chi connectivity index (χ2v) is 8.03. The SMILES string of the molecule is C=CC(=O)OCCOC1=CC(C)C=C/C1=C1\C(=O)C(c2ccc(C)cc2OCCOC(=O)C=C)=C1O. The Morgan fingerprint density at radius 1 is 1.00 bits per heavy atom. The third kappa shape index (κ3) is 6.02. The first kappa shape index (κ1) is 26.3. The zero-order valence-electron chi connectivity index (χ0n) is 20.2. The van der Waals surface area contributed by atoms with E-state index in [-0.39, 0.29) is 55.0 Å². The number of Topliss-reactive ketones (excluding diaryl/α,β-unsaturated/α-hetero) is 1. The summed E-state index contributed by atoms with van der Waals surface area (Å²) in [5.41, 5.74) is 2.02. The molecule has 188 valence electrons. The second kappa shape index (κ2) is 11.9. The predicted molar refractivity (Wildman–Crippen MR) is 133 cm³/mol. The van der Waals surface area contributed by atoms with Gasteiger partial charge in [0.15, 0.2) is 0 Å². The van der Waals surface area contributed by atoms with Crippen LogP contribution in [-0.4, -0.2) is 49.3 Å². The maximum Gasteiger partial charge on any atom is 0.330 e. The van der Waals surface area contributed by atoms with E-state index in [4.69, 9.17) is 18.9 Å². The molecule has 0 fully saturated rings. The van der Waals surface area contributed by atoms with Gasteiger partial charge in [-0.3, -0.25) is 4.79 Å². The highest BCUT2D eigenvalue weighted by molar-refractivity contribution is 6.39. The Kier molecular flexibility index (Phi) is 8.67. The molecule has 1 N–H and O–H groups in total. The largest absolute Gasteiger partial charge is 0.506 e. The summed E-state index contributed by atoms with van der Waals surface area (Å²) in [6, 6.07) is 5.25. The van der Waals surface area contributed by atoms with E-state index in [0.717, 1.165) is 17.7 Å². The Bertz CT molecular complexity index is 1210. The Morgan fingerprint density at radius 3 is 2.25 bits per heavy atom. The molecule has 3 rings (SSSR count). The molecule has 0 aliphatic heterocycles. The van der Waals surface area contributed by atoms with Crippen molar-refractivity contribution in [2.24, 2.45) is 5.92 Å². The summed E-state index contributed by atoms with van der Waals surface area (Å²) >= 11 is 0. The van der Waals surface area contributed by atoms with E-state index in [9.17, 15) is 19.5 Å². The Labute approximate surface area is 209 Å². The lowest BCUT2D eigenvalue weighted by Crippen LogP contribution is -2.25. The lowest BCUT2D eigenvalue weighted by Gasteiger charge is -2.27. The highest BCUT2D eigenvalue weighted by atomic mass is 16.6. The summed E-state index contributed by atoms with van der Waals surface area (Å²) in [7, 11) is 0. The van der Waals surface area contributed by atoms with Crippen molar-refractivity contribution >= 4 is 23.3 Å². The summed E-state index contributed by atoms with van der Waals surface area (Å²) in [4.78, 5) is 35.7. The molecule has 1 aromatic rings. The number of aryl methyl sites for hydroxylation is 1. The molecule has 0 aromatic heterocycles. The van der Waals surface area contributed by atoms with Crippen LogP contribution < -0.4 is 4.74 Å². The van der Waals surface area contributed by atoms with Gasteiger partial charge >= 0.3 is 11.9 Å². The van der Waals surface area contributed by atoms with E-state index in [1.165, 1.54) is 0 Å².